The number of para-hydroxylation sites is 1. The van der Waals surface area contributed by atoms with Crippen molar-refractivity contribution in [2.75, 3.05) is 7.05 Å². The largest absolute Gasteiger partial charge is 0.481 e. The number of aliphatic carboxylic acids is 1. The third-order valence-corrected chi connectivity index (χ3v) is 5.67. The van der Waals surface area contributed by atoms with Crippen LogP contribution in [0.2, 0.25) is 0 Å². The molecule has 2 heterocycles. The number of ether oxygens (including phenoxy) is 1. The van der Waals surface area contributed by atoms with Gasteiger partial charge in [-0.15, -0.1) is 0 Å². The van der Waals surface area contributed by atoms with Crippen LogP contribution in [-0.2, 0) is 9.59 Å². The van der Waals surface area contributed by atoms with Crippen LogP contribution < -0.4 is 4.74 Å². The van der Waals surface area contributed by atoms with Crippen LogP contribution in [0.25, 0.3) is 0 Å². The molecule has 5 heteroatoms. The Morgan fingerprint density at radius 1 is 1.36 bits per heavy atom. The molecule has 1 aliphatic carbocycles. The van der Waals surface area contributed by atoms with Crippen LogP contribution in [0.5, 0.6) is 5.75 Å². The van der Waals surface area contributed by atoms with E-state index in [9.17, 15) is 14.7 Å². The number of rotatable bonds is 1. The first-order valence-electron chi connectivity index (χ1n) is 7.85. The number of fused-ring (bicyclic) bond motifs is 2. The van der Waals surface area contributed by atoms with Gasteiger partial charge in [0.2, 0.25) is 5.91 Å². The molecular formula is C17H19NO4. The van der Waals surface area contributed by atoms with Gasteiger partial charge in [0, 0.05) is 25.3 Å². The standard InChI is InChI=1S/C17H19NO4/c1-18-15(19)14(16(20)21)13-10-6-2-3-8-12(10)22-17(18)9-5-4-7-11(13)17/h2-3,6,8,11,13-14H,4-5,7,9H2,1H3,(H,20,21)/t11-,13-,14-,17+/m1/s1. The van der Waals surface area contributed by atoms with Gasteiger partial charge in [-0.3, -0.25) is 9.59 Å². The molecule has 1 saturated carbocycles. The van der Waals surface area contributed by atoms with Crippen molar-refractivity contribution < 1.29 is 19.4 Å². The lowest BCUT2D eigenvalue weighted by atomic mass is 9.61. The zero-order valence-electron chi connectivity index (χ0n) is 12.5. The van der Waals surface area contributed by atoms with Crippen LogP contribution in [0.15, 0.2) is 24.3 Å². The van der Waals surface area contributed by atoms with Gasteiger partial charge in [0.1, 0.15) is 11.7 Å². The van der Waals surface area contributed by atoms with Crippen molar-refractivity contribution in [1.82, 2.24) is 4.90 Å². The molecule has 0 radical (unpaired) electrons. The smallest absolute Gasteiger partial charge is 0.316 e. The molecule has 4 atom stereocenters. The predicted molar refractivity (Wildman–Crippen MR) is 78.4 cm³/mol. The predicted octanol–water partition coefficient (Wildman–Crippen LogP) is 2.22. The molecule has 5 nitrogen and oxygen atoms in total. The molecule has 0 aromatic heterocycles. The number of hydrogen-bond acceptors (Lipinski definition) is 3. The molecule has 0 unspecified atom stereocenters. The number of carboxylic acids is 1. The van der Waals surface area contributed by atoms with Crippen molar-refractivity contribution in [3.05, 3.63) is 29.8 Å². The molecule has 2 bridgehead atoms. The fraction of sp³-hybridized carbons (Fsp3) is 0.529. The summed E-state index contributed by atoms with van der Waals surface area (Å²) in [5.74, 6) is -1.86. The normalized spacial score (nSPS) is 36.1. The van der Waals surface area contributed by atoms with Gasteiger partial charge in [0.05, 0.1) is 0 Å². The highest BCUT2D eigenvalue weighted by atomic mass is 16.5. The Morgan fingerprint density at radius 2 is 2.14 bits per heavy atom. The number of amides is 1. The van der Waals surface area contributed by atoms with Crippen molar-refractivity contribution >= 4 is 11.9 Å². The van der Waals surface area contributed by atoms with Gasteiger partial charge in [-0.25, -0.2) is 0 Å². The molecule has 1 saturated heterocycles. The maximum absolute atomic E-state index is 12.7. The van der Waals surface area contributed by atoms with Crippen molar-refractivity contribution in [3.8, 4) is 5.75 Å². The Kier molecular flexibility index (Phi) is 2.77. The molecule has 4 rings (SSSR count). The molecule has 2 fully saturated rings. The first kappa shape index (κ1) is 13.6. The van der Waals surface area contributed by atoms with E-state index in [-0.39, 0.29) is 17.7 Å². The van der Waals surface area contributed by atoms with Gasteiger partial charge in [-0.05, 0) is 24.5 Å². The van der Waals surface area contributed by atoms with E-state index in [1.54, 1.807) is 11.9 Å². The number of likely N-dealkylation sites (tertiary alicyclic amines) is 1. The second-order valence-electron chi connectivity index (χ2n) is 6.58. The van der Waals surface area contributed by atoms with Crippen molar-refractivity contribution in [3.63, 3.8) is 0 Å². The van der Waals surface area contributed by atoms with Crippen LogP contribution in [-0.4, -0.2) is 34.7 Å². The van der Waals surface area contributed by atoms with E-state index in [2.05, 4.69) is 0 Å². The molecule has 1 aromatic carbocycles. The maximum Gasteiger partial charge on any atom is 0.316 e. The van der Waals surface area contributed by atoms with Crippen LogP contribution >= 0.6 is 0 Å². The third kappa shape index (κ3) is 1.54. The number of carboxylic acid groups (broad SMARTS) is 1. The average Bonchev–Trinajstić information content (AvgIpc) is 2.52. The van der Waals surface area contributed by atoms with E-state index >= 15 is 0 Å². The molecule has 2 aliphatic heterocycles. The maximum atomic E-state index is 12.7. The summed E-state index contributed by atoms with van der Waals surface area (Å²) >= 11 is 0. The molecular weight excluding hydrogens is 282 g/mol. The number of hydrogen-bond donors (Lipinski definition) is 1. The molecule has 1 N–H and O–H groups in total. The highest BCUT2D eigenvalue weighted by molar-refractivity contribution is 5.99. The van der Waals surface area contributed by atoms with Gasteiger partial charge < -0.3 is 14.7 Å². The lowest BCUT2D eigenvalue weighted by molar-refractivity contribution is -0.204. The lowest BCUT2D eigenvalue weighted by Crippen LogP contribution is -2.69. The number of carbonyl (C=O) groups is 2. The van der Waals surface area contributed by atoms with Crippen LogP contribution in [0.3, 0.4) is 0 Å². The van der Waals surface area contributed by atoms with Crippen molar-refractivity contribution in [2.45, 2.75) is 37.3 Å². The topological polar surface area (TPSA) is 66.8 Å². The number of carbonyl (C=O) groups excluding carboxylic acids is 1. The first-order chi connectivity index (χ1) is 10.6. The van der Waals surface area contributed by atoms with E-state index < -0.39 is 17.6 Å². The third-order valence-electron chi connectivity index (χ3n) is 5.67. The summed E-state index contributed by atoms with van der Waals surface area (Å²) in [5, 5.41) is 9.66. The molecule has 0 spiro atoms. The van der Waals surface area contributed by atoms with Gasteiger partial charge in [0.25, 0.3) is 0 Å². The zero-order chi connectivity index (χ0) is 15.5. The zero-order valence-corrected chi connectivity index (χ0v) is 12.5. The van der Waals surface area contributed by atoms with Crippen molar-refractivity contribution in [1.29, 1.82) is 0 Å². The minimum absolute atomic E-state index is 0.0555. The number of benzene rings is 1. The summed E-state index contributed by atoms with van der Waals surface area (Å²) in [7, 11) is 1.70. The quantitative estimate of drug-likeness (QED) is 0.808. The Balaban J connectivity index is 1.96. The highest BCUT2D eigenvalue weighted by Crippen LogP contribution is 2.58. The first-order valence-corrected chi connectivity index (χ1v) is 7.85. The lowest BCUT2D eigenvalue weighted by Gasteiger charge is -2.59. The monoisotopic (exact) mass is 301 g/mol. The number of piperidine rings is 1. The fourth-order valence-corrected chi connectivity index (χ4v) is 4.70. The van der Waals surface area contributed by atoms with Crippen LogP contribution in [0, 0.1) is 11.8 Å². The summed E-state index contributed by atoms with van der Waals surface area (Å²) in [6.07, 6.45) is 3.74. The molecule has 3 aliphatic rings. The van der Waals surface area contributed by atoms with E-state index in [1.807, 2.05) is 24.3 Å². The SMILES string of the molecule is CN1C(=O)[C@H](C(=O)O)[C@@H]2c3ccccc3O[C@]13CCCC[C@H]23. The Morgan fingerprint density at radius 3 is 2.91 bits per heavy atom. The van der Waals surface area contributed by atoms with Crippen LogP contribution in [0.4, 0.5) is 0 Å². The van der Waals surface area contributed by atoms with E-state index in [0.29, 0.717) is 0 Å². The summed E-state index contributed by atoms with van der Waals surface area (Å²) in [5.41, 5.74) is 0.208. The second-order valence-corrected chi connectivity index (χ2v) is 6.58. The van der Waals surface area contributed by atoms with E-state index in [1.165, 1.54) is 0 Å². The fourth-order valence-electron chi connectivity index (χ4n) is 4.70. The summed E-state index contributed by atoms with van der Waals surface area (Å²) in [4.78, 5) is 26.1. The van der Waals surface area contributed by atoms with Crippen molar-refractivity contribution in [2.24, 2.45) is 11.8 Å². The average molecular weight is 301 g/mol. The van der Waals surface area contributed by atoms with Gasteiger partial charge in [0.15, 0.2) is 5.72 Å². The minimum Gasteiger partial charge on any atom is -0.481 e. The summed E-state index contributed by atoms with van der Waals surface area (Å²) in [6, 6.07) is 7.58. The van der Waals surface area contributed by atoms with Crippen LogP contribution in [0.1, 0.15) is 37.2 Å². The molecule has 1 amide bonds. The second kappa shape index (κ2) is 4.48. The van der Waals surface area contributed by atoms with E-state index in [0.717, 1.165) is 37.0 Å². The summed E-state index contributed by atoms with van der Waals surface area (Å²) < 4.78 is 6.32. The Bertz CT molecular complexity index is 658. The van der Waals surface area contributed by atoms with E-state index in [4.69, 9.17) is 4.74 Å². The van der Waals surface area contributed by atoms with Gasteiger partial charge in [-0.1, -0.05) is 24.6 Å². The molecule has 116 valence electrons. The molecule has 1 aromatic rings. The Hall–Kier alpha value is -2.04. The highest BCUT2D eigenvalue weighted by Gasteiger charge is 2.63. The minimum atomic E-state index is -1.03. The summed E-state index contributed by atoms with van der Waals surface area (Å²) in [6.45, 7) is 0. The molecule has 22 heavy (non-hydrogen) atoms. The van der Waals surface area contributed by atoms with Gasteiger partial charge >= 0.3 is 5.97 Å². The number of nitrogens with zero attached hydrogens (tertiary/aromatic N) is 1. The van der Waals surface area contributed by atoms with Gasteiger partial charge in [-0.2, -0.15) is 0 Å². The Labute approximate surface area is 128 Å².